The maximum absolute atomic E-state index is 14.3. The van der Waals surface area contributed by atoms with Gasteiger partial charge in [0.15, 0.2) is 17.8 Å². The van der Waals surface area contributed by atoms with E-state index in [0.29, 0.717) is 16.7 Å². The summed E-state index contributed by atoms with van der Waals surface area (Å²) in [6, 6.07) is 8.72. The quantitative estimate of drug-likeness (QED) is 0.0770. The molecule has 396 valence electrons. The van der Waals surface area contributed by atoms with Gasteiger partial charge in [-0.15, -0.1) is 5.10 Å². The number of ether oxygens (including phenoxy) is 7. The molecule has 0 unspecified atom stereocenters. The first-order valence-electron chi connectivity index (χ1n) is 24.2. The van der Waals surface area contributed by atoms with Gasteiger partial charge in [0.2, 0.25) is 5.91 Å². The summed E-state index contributed by atoms with van der Waals surface area (Å²) in [5.74, 6) is -4.92. The molecule has 2 heterocycles. The number of aryl methyl sites for hydroxylation is 2. The Hall–Kier alpha value is -7.16. The van der Waals surface area contributed by atoms with Crippen LogP contribution in [0.1, 0.15) is 138 Å². The van der Waals surface area contributed by atoms with Crippen molar-refractivity contribution in [2.45, 2.75) is 168 Å². The van der Waals surface area contributed by atoms with Gasteiger partial charge in [0.1, 0.15) is 30.1 Å². The second-order valence-electron chi connectivity index (χ2n) is 19.4. The number of nitrogens with one attached hydrogen (secondary N) is 3. The van der Waals surface area contributed by atoms with Crippen LogP contribution in [0.3, 0.4) is 0 Å². The molecule has 1 saturated heterocycles. The van der Waals surface area contributed by atoms with Crippen LogP contribution in [0.25, 0.3) is 6.08 Å². The van der Waals surface area contributed by atoms with Crippen LogP contribution >= 0.6 is 0 Å². The molecule has 5 rings (SSSR count). The van der Waals surface area contributed by atoms with Crippen molar-refractivity contribution in [2.24, 2.45) is 0 Å². The van der Waals surface area contributed by atoms with E-state index < -0.39 is 102 Å². The summed E-state index contributed by atoms with van der Waals surface area (Å²) in [7, 11) is 1.13. The summed E-state index contributed by atoms with van der Waals surface area (Å²) in [5.41, 5.74) is 0.508. The van der Waals surface area contributed by atoms with Crippen molar-refractivity contribution in [3.63, 3.8) is 0 Å². The predicted octanol–water partition coefficient (Wildman–Crippen LogP) is 5.41. The Balaban J connectivity index is 1.55. The minimum Gasteiger partial charge on any atom is -0.467 e. The van der Waals surface area contributed by atoms with Crippen molar-refractivity contribution in [3.8, 4) is 5.75 Å². The number of aromatic nitrogens is 3. The number of hydrogen-bond acceptors (Lipinski definition) is 17. The van der Waals surface area contributed by atoms with Crippen LogP contribution in [0.5, 0.6) is 5.75 Å². The number of esters is 5. The van der Waals surface area contributed by atoms with Gasteiger partial charge in [0.05, 0.1) is 25.4 Å². The Morgan fingerprint density at radius 2 is 1.58 bits per heavy atom. The number of hydrogen-bond donors (Lipinski definition) is 3. The van der Waals surface area contributed by atoms with Crippen molar-refractivity contribution >= 4 is 53.8 Å². The molecule has 3 amide bonds. The highest BCUT2D eigenvalue weighted by Crippen LogP contribution is 2.39. The summed E-state index contributed by atoms with van der Waals surface area (Å²) in [5, 5.41) is 16.8. The lowest BCUT2D eigenvalue weighted by Gasteiger charge is -2.49. The fourth-order valence-corrected chi connectivity index (χ4v) is 9.05. The number of nitrogens with zero attached hydrogens (tertiary/aromatic N) is 3. The molecular formula is C52H68N6O15. The van der Waals surface area contributed by atoms with Gasteiger partial charge in [-0.2, -0.15) is 0 Å². The zero-order chi connectivity index (χ0) is 53.6. The van der Waals surface area contributed by atoms with Crippen molar-refractivity contribution in [2.75, 3.05) is 13.7 Å². The monoisotopic (exact) mass is 1020 g/mol. The average molecular weight is 1020 g/mol. The smallest absolute Gasteiger partial charge is 0.407 e. The number of carbonyl (C=O) groups excluding carboxylic acids is 8. The number of amides is 3. The van der Waals surface area contributed by atoms with Crippen molar-refractivity contribution in [3.05, 3.63) is 82.2 Å². The Morgan fingerprint density at radius 3 is 2.19 bits per heavy atom. The molecule has 2 fully saturated rings. The van der Waals surface area contributed by atoms with Gasteiger partial charge >= 0.3 is 35.9 Å². The molecule has 1 saturated carbocycles. The molecule has 0 spiro atoms. The molecule has 6 atom stereocenters. The van der Waals surface area contributed by atoms with Crippen molar-refractivity contribution in [1.82, 2.24) is 30.9 Å². The van der Waals surface area contributed by atoms with E-state index in [9.17, 15) is 38.4 Å². The van der Waals surface area contributed by atoms with Crippen LogP contribution in [-0.2, 0) is 70.3 Å². The van der Waals surface area contributed by atoms with E-state index in [1.165, 1.54) is 23.7 Å². The van der Waals surface area contributed by atoms with Gasteiger partial charge < -0.3 is 49.1 Å². The van der Waals surface area contributed by atoms with Crippen LogP contribution in [0.2, 0.25) is 0 Å². The fraction of sp³-hybridized carbons (Fsp3) is 0.538. The molecule has 2 aliphatic rings. The largest absolute Gasteiger partial charge is 0.467 e. The summed E-state index contributed by atoms with van der Waals surface area (Å²) >= 11 is 0. The highest BCUT2D eigenvalue weighted by atomic mass is 16.6. The van der Waals surface area contributed by atoms with Crippen LogP contribution < -0.4 is 20.7 Å². The predicted molar refractivity (Wildman–Crippen MR) is 261 cm³/mol. The standard InChI is InChI=1S/C52H68N6O15/c1-30-22-39(23-31(2)45(30)70-34(5)61)48(64)53-27-42(69-33(4)60)46(71-35(6)62)47-44(55-43(63)29-58-28-40(56-57-58)38-19-12-11-13-20-38)41(68-32(3)59)25-52(72-47,49(65)67-10)21-15-18-36-16-14-17-37(24-36)26-54-50(66)73-51(7,8)9/h14-18,22-24,28,38,41-42,44,46-47H,11-13,19-21,25-27,29H2,1-10H3,(H,53,64)(H,54,66)(H,55,63)/b18-15+/t41-,42+,44+,46+,47+,52+/m0/s1. The zero-order valence-corrected chi connectivity index (χ0v) is 43.2. The minimum atomic E-state index is -2.03. The van der Waals surface area contributed by atoms with Crippen LogP contribution in [0, 0.1) is 13.8 Å². The van der Waals surface area contributed by atoms with Crippen molar-refractivity contribution in [1.29, 1.82) is 0 Å². The Morgan fingerprint density at radius 1 is 0.890 bits per heavy atom. The van der Waals surface area contributed by atoms with Gasteiger partial charge in [-0.25, -0.2) is 14.3 Å². The van der Waals surface area contributed by atoms with E-state index in [1.807, 2.05) is 0 Å². The molecule has 3 N–H and O–H groups in total. The molecular weight excluding hydrogens is 949 g/mol. The van der Waals surface area contributed by atoms with E-state index >= 15 is 0 Å². The molecule has 1 aliphatic heterocycles. The third-order valence-corrected chi connectivity index (χ3v) is 12.0. The molecule has 0 bridgehead atoms. The fourth-order valence-electron chi connectivity index (χ4n) is 9.05. The van der Waals surface area contributed by atoms with E-state index in [2.05, 4.69) is 26.3 Å². The van der Waals surface area contributed by atoms with E-state index in [0.717, 1.165) is 71.2 Å². The maximum Gasteiger partial charge on any atom is 0.407 e. The molecule has 21 nitrogen and oxygen atoms in total. The maximum atomic E-state index is 14.3. The topological polar surface area (TPSA) is 268 Å². The molecule has 1 aliphatic carbocycles. The van der Waals surface area contributed by atoms with Crippen LogP contribution in [-0.4, -0.2) is 118 Å². The number of alkyl carbamates (subject to hydrolysis) is 1. The van der Waals surface area contributed by atoms with Gasteiger partial charge in [-0.1, -0.05) is 54.8 Å². The minimum absolute atomic E-state index is 0.145. The van der Waals surface area contributed by atoms with Crippen LogP contribution in [0.4, 0.5) is 4.79 Å². The molecule has 21 heteroatoms. The van der Waals surface area contributed by atoms with Crippen molar-refractivity contribution < 1.29 is 71.5 Å². The van der Waals surface area contributed by atoms with Gasteiger partial charge in [-0.3, -0.25) is 28.8 Å². The average Bonchev–Trinajstić information content (AvgIpc) is 3.78. The summed E-state index contributed by atoms with van der Waals surface area (Å²) in [4.78, 5) is 106. The highest BCUT2D eigenvalue weighted by molar-refractivity contribution is 5.95. The summed E-state index contributed by atoms with van der Waals surface area (Å²) in [6.45, 7) is 12.4. The van der Waals surface area contributed by atoms with Crippen LogP contribution in [0.15, 0.2) is 48.7 Å². The molecule has 2 aromatic carbocycles. The number of rotatable bonds is 19. The first kappa shape index (κ1) is 56.8. The normalized spacial score (nSPS) is 19.9. The molecule has 73 heavy (non-hydrogen) atoms. The zero-order valence-electron chi connectivity index (χ0n) is 43.2. The SMILES string of the molecule is COC(=O)[C@@]1(C/C=C/c2cccc(CNC(=O)OC(C)(C)C)c2)C[C@H](OC(C)=O)[C@@H](NC(=O)Cn2cc(C3CCCCC3)nn2)[C@H]([C@H](OC(C)=O)[C@@H](CNC(=O)c2cc(C)c(OC(C)=O)c(C)c2)OC(C)=O)O1. The van der Waals surface area contributed by atoms with E-state index in [4.69, 9.17) is 33.2 Å². The first-order valence-corrected chi connectivity index (χ1v) is 24.2. The lowest BCUT2D eigenvalue weighted by atomic mass is 9.81. The van der Waals surface area contributed by atoms with E-state index in [-0.39, 0.29) is 36.7 Å². The number of methoxy groups -OCH3 is 1. The Bertz CT molecular complexity index is 2500. The lowest BCUT2D eigenvalue weighted by molar-refractivity contribution is -0.239. The Kier molecular flexibility index (Phi) is 19.8. The molecule has 1 aromatic heterocycles. The number of carbonyl (C=O) groups is 8. The Labute approximate surface area is 424 Å². The van der Waals surface area contributed by atoms with E-state index in [1.54, 1.807) is 77.2 Å². The van der Waals surface area contributed by atoms with Gasteiger partial charge in [0.25, 0.3) is 5.91 Å². The summed E-state index contributed by atoms with van der Waals surface area (Å²) < 4.78 is 41.8. The molecule has 3 aromatic rings. The highest BCUT2D eigenvalue weighted by Gasteiger charge is 2.57. The van der Waals surface area contributed by atoms with Gasteiger partial charge in [-0.05, 0) is 87.9 Å². The van der Waals surface area contributed by atoms with Gasteiger partial charge in [0, 0.05) is 64.8 Å². The summed E-state index contributed by atoms with van der Waals surface area (Å²) in [6.07, 6.45) is 2.50. The number of benzene rings is 2. The second kappa shape index (κ2) is 25.5. The second-order valence-corrected chi connectivity index (χ2v) is 19.4. The first-order chi connectivity index (χ1) is 34.4. The lowest BCUT2D eigenvalue weighted by Crippen LogP contribution is -2.69. The third-order valence-electron chi connectivity index (χ3n) is 12.0. The third kappa shape index (κ3) is 16.7. The molecule has 0 radical (unpaired) electrons.